The summed E-state index contributed by atoms with van der Waals surface area (Å²) in [6.07, 6.45) is 0. The topological polar surface area (TPSA) is 194 Å². The summed E-state index contributed by atoms with van der Waals surface area (Å²) in [5, 5.41) is 31.8. The molecule has 4 rings (SSSR count). The molecule has 2 fully saturated rings. The monoisotopic (exact) mass is 557 g/mol. The number of thiophene rings is 1. The number of carbonyl (C=O) groups is 4. The number of carboxylic acids is 2. The van der Waals surface area contributed by atoms with Crippen LogP contribution in [-0.2, 0) is 37.0 Å². The van der Waals surface area contributed by atoms with E-state index in [9.17, 15) is 24.3 Å². The van der Waals surface area contributed by atoms with Crippen LogP contribution in [-0.4, -0.2) is 95.3 Å². The number of amides is 2. The predicted molar refractivity (Wildman–Crippen MR) is 129 cm³/mol. The average molecular weight is 558 g/mol. The number of β-lactam (4-membered cyclic amide) rings is 1. The Balaban J connectivity index is 1.59. The molecule has 0 radical (unpaired) electrons. The minimum atomic E-state index is -1.63. The maximum Gasteiger partial charge on any atom is 0.325 e. The zero-order chi connectivity index (χ0) is 26.3. The van der Waals surface area contributed by atoms with Crippen LogP contribution in [0, 0.1) is 5.41 Å². The van der Waals surface area contributed by atoms with E-state index in [-0.39, 0.29) is 29.8 Å². The molecule has 2 aromatic rings. The Morgan fingerprint density at radius 3 is 2.75 bits per heavy atom. The quantitative estimate of drug-likeness (QED) is 0.197. The second-order valence-corrected chi connectivity index (χ2v) is 11.1. The first-order valence-corrected chi connectivity index (χ1v) is 13.4. The molecule has 0 saturated carbocycles. The Labute approximate surface area is 217 Å². The van der Waals surface area contributed by atoms with Gasteiger partial charge in [-0.2, -0.15) is 0 Å². The number of hydrogen-bond acceptors (Lipinski definition) is 12. The zero-order valence-corrected chi connectivity index (χ0v) is 21.6. The van der Waals surface area contributed by atoms with Gasteiger partial charge >= 0.3 is 11.9 Å². The number of fused-ring (bicyclic) bond motifs is 1. The van der Waals surface area contributed by atoms with E-state index in [1.165, 1.54) is 46.9 Å². The summed E-state index contributed by atoms with van der Waals surface area (Å²) < 4.78 is 6.79. The first-order chi connectivity index (χ1) is 17.1. The number of hydrogen-bond donors (Lipinski definition) is 3. The maximum atomic E-state index is 13.6. The summed E-state index contributed by atoms with van der Waals surface area (Å²) in [5.74, 6) is -3.10. The number of anilines is 1. The van der Waals surface area contributed by atoms with E-state index in [4.69, 9.17) is 15.6 Å². The van der Waals surface area contributed by atoms with Crippen LogP contribution >= 0.6 is 34.9 Å². The van der Waals surface area contributed by atoms with Gasteiger partial charge in [-0.25, -0.2) is 4.68 Å². The fraction of sp³-hybridized carbons (Fsp3) is 0.526. The molecule has 4 heterocycles. The van der Waals surface area contributed by atoms with E-state index >= 15 is 0 Å². The van der Waals surface area contributed by atoms with Gasteiger partial charge in [-0.3, -0.25) is 24.1 Å². The first kappa shape index (κ1) is 26.3. The van der Waals surface area contributed by atoms with E-state index in [0.29, 0.717) is 10.6 Å². The lowest BCUT2D eigenvalue weighted by Gasteiger charge is -2.61. The van der Waals surface area contributed by atoms with Crippen LogP contribution in [0.25, 0.3) is 0 Å². The lowest BCUT2D eigenvalue weighted by molar-refractivity contribution is -0.192. The van der Waals surface area contributed by atoms with Crippen molar-refractivity contribution in [3.05, 3.63) is 17.0 Å². The van der Waals surface area contributed by atoms with E-state index < -0.39 is 46.8 Å². The van der Waals surface area contributed by atoms with Gasteiger partial charge in [-0.1, -0.05) is 11.8 Å². The molecule has 4 N–H and O–H groups in total. The zero-order valence-electron chi connectivity index (χ0n) is 19.2. The molecular weight excluding hydrogens is 534 g/mol. The molecule has 2 aliphatic rings. The van der Waals surface area contributed by atoms with E-state index in [2.05, 4.69) is 15.5 Å². The fourth-order valence-corrected chi connectivity index (χ4v) is 8.13. The van der Waals surface area contributed by atoms with Gasteiger partial charge in [-0.05, 0) is 21.9 Å². The van der Waals surface area contributed by atoms with E-state index in [1.54, 1.807) is 11.4 Å². The van der Waals surface area contributed by atoms with Crippen molar-refractivity contribution in [1.82, 2.24) is 25.1 Å². The number of nitrogens with two attached hydrogens (primary N) is 1. The number of aromatic nitrogens is 4. The highest BCUT2D eigenvalue weighted by atomic mass is 32.2. The third-order valence-corrected chi connectivity index (χ3v) is 9.79. The molecule has 0 aromatic carbocycles. The minimum absolute atomic E-state index is 0.00945. The summed E-state index contributed by atoms with van der Waals surface area (Å²) in [7, 11) is 1.35. The van der Waals surface area contributed by atoms with Crippen LogP contribution in [0.3, 0.4) is 0 Å². The smallest absolute Gasteiger partial charge is 0.325 e. The number of thioether (sulfide) groups is 2. The van der Waals surface area contributed by atoms with Crippen LogP contribution in [0.15, 0.2) is 16.6 Å². The SMILES string of the molecule is COC1(N(C(C)=O)c2sccc2CN)C(=O)N2CC(CSc3nnnn3CC(=O)O)(C(=O)O)CS[C@@H]21. The van der Waals surface area contributed by atoms with Crippen LogP contribution < -0.4 is 10.6 Å². The Hall–Kier alpha value is -2.73. The number of carboxylic acid groups (broad SMARTS) is 2. The van der Waals surface area contributed by atoms with E-state index in [1.807, 2.05) is 0 Å². The van der Waals surface area contributed by atoms with Gasteiger partial charge in [0.2, 0.25) is 11.1 Å². The van der Waals surface area contributed by atoms with Gasteiger partial charge in [0, 0.05) is 44.2 Å². The molecule has 14 nitrogen and oxygen atoms in total. The molecule has 0 aliphatic carbocycles. The second kappa shape index (κ2) is 9.97. The number of aliphatic carboxylic acids is 2. The maximum absolute atomic E-state index is 13.6. The van der Waals surface area contributed by atoms with Crippen molar-refractivity contribution < 1.29 is 34.1 Å². The largest absolute Gasteiger partial charge is 0.481 e. The summed E-state index contributed by atoms with van der Waals surface area (Å²) in [4.78, 5) is 52.5. The number of methoxy groups -OCH3 is 1. The molecule has 36 heavy (non-hydrogen) atoms. The Morgan fingerprint density at radius 1 is 1.39 bits per heavy atom. The molecule has 2 saturated heterocycles. The van der Waals surface area contributed by atoms with Gasteiger partial charge in [0.25, 0.3) is 11.6 Å². The van der Waals surface area contributed by atoms with Crippen LogP contribution in [0.1, 0.15) is 12.5 Å². The first-order valence-electron chi connectivity index (χ1n) is 10.5. The van der Waals surface area contributed by atoms with Crippen LogP contribution in [0.4, 0.5) is 5.00 Å². The normalized spacial score (nSPS) is 25.2. The molecule has 2 aromatic heterocycles. The standard InChI is InChI=1S/C19H23N7O7S3/c1-10(27)26(13-11(5-20)3-4-34-13)19(33-2)14(30)24-7-18(16(31)32,8-35-15(19)24)9-36-17-21-22-23-25(17)6-12(28)29/h3-4,15H,5-9,20H2,1-2H3,(H,28,29)(H,31,32)/t15-,18?,19?/m1/s1. The van der Waals surface area contributed by atoms with Crippen molar-refractivity contribution in [2.75, 3.05) is 30.1 Å². The highest BCUT2D eigenvalue weighted by Gasteiger charge is 2.70. The minimum Gasteiger partial charge on any atom is -0.481 e. The number of rotatable bonds is 10. The lowest BCUT2D eigenvalue weighted by atomic mass is 9.87. The summed E-state index contributed by atoms with van der Waals surface area (Å²) in [6.45, 7) is 0.904. The summed E-state index contributed by atoms with van der Waals surface area (Å²) >= 11 is 3.47. The number of nitrogens with zero attached hydrogens (tertiary/aromatic N) is 6. The third kappa shape index (κ3) is 4.13. The van der Waals surface area contributed by atoms with Crippen molar-refractivity contribution in [1.29, 1.82) is 0 Å². The molecule has 3 atom stereocenters. The van der Waals surface area contributed by atoms with Gasteiger partial charge in [0.15, 0.2) is 0 Å². The van der Waals surface area contributed by atoms with Crippen molar-refractivity contribution in [2.24, 2.45) is 11.1 Å². The summed E-state index contributed by atoms with van der Waals surface area (Å²) in [5.41, 5.74) is 3.53. The van der Waals surface area contributed by atoms with Crippen LogP contribution in [0.5, 0.6) is 0 Å². The van der Waals surface area contributed by atoms with Gasteiger partial charge < -0.3 is 25.6 Å². The molecular formula is C19H23N7O7S3. The molecule has 0 bridgehead atoms. The number of carbonyl (C=O) groups excluding carboxylic acids is 2. The number of tetrazole rings is 1. The highest BCUT2D eigenvalue weighted by Crippen LogP contribution is 2.52. The average Bonchev–Trinajstić information content (AvgIpc) is 3.48. The number of ether oxygens (including phenoxy) is 1. The van der Waals surface area contributed by atoms with Gasteiger partial charge in [-0.15, -0.1) is 28.2 Å². The van der Waals surface area contributed by atoms with Crippen molar-refractivity contribution in [2.45, 2.75) is 36.3 Å². The second-order valence-electron chi connectivity index (χ2n) is 8.19. The lowest BCUT2D eigenvalue weighted by Crippen LogP contribution is -2.83. The summed E-state index contributed by atoms with van der Waals surface area (Å²) in [6, 6.07) is 1.78. The molecule has 17 heteroatoms. The Bertz CT molecular complexity index is 1210. The van der Waals surface area contributed by atoms with E-state index in [0.717, 1.165) is 16.4 Å². The fourth-order valence-electron chi connectivity index (χ4n) is 4.23. The van der Waals surface area contributed by atoms with Gasteiger partial charge in [0.1, 0.15) is 22.3 Å². The molecule has 2 amide bonds. The molecule has 2 aliphatic heterocycles. The van der Waals surface area contributed by atoms with Crippen molar-refractivity contribution >= 4 is 63.6 Å². The van der Waals surface area contributed by atoms with Crippen LogP contribution in [0.2, 0.25) is 0 Å². The Kier molecular flexibility index (Phi) is 7.29. The Morgan fingerprint density at radius 2 is 2.14 bits per heavy atom. The third-order valence-electron chi connectivity index (χ3n) is 6.00. The van der Waals surface area contributed by atoms with Crippen molar-refractivity contribution in [3.63, 3.8) is 0 Å². The van der Waals surface area contributed by atoms with Gasteiger partial charge in [0.05, 0.1) is 0 Å². The molecule has 0 spiro atoms. The molecule has 2 unspecified atom stereocenters. The molecule has 194 valence electrons. The van der Waals surface area contributed by atoms with Crippen molar-refractivity contribution in [3.8, 4) is 0 Å². The predicted octanol–water partition coefficient (Wildman–Crippen LogP) is -0.248. The highest BCUT2D eigenvalue weighted by molar-refractivity contribution is 8.00.